The van der Waals surface area contributed by atoms with Gasteiger partial charge < -0.3 is 4.90 Å². The van der Waals surface area contributed by atoms with E-state index in [1.165, 1.54) is 28.4 Å². The summed E-state index contributed by atoms with van der Waals surface area (Å²) in [6.07, 6.45) is 0.367. The number of hydrogen-bond acceptors (Lipinski definition) is 4. The van der Waals surface area contributed by atoms with E-state index in [4.69, 9.17) is 11.6 Å². The molecule has 1 saturated heterocycles. The number of carbonyl (C=O) groups excluding carboxylic acids is 1. The first-order valence-corrected chi connectivity index (χ1v) is 11.8. The monoisotopic (exact) mass is 437 g/mol. The third-order valence-electron chi connectivity index (χ3n) is 4.88. The minimum Gasteiger partial charge on any atom is -0.330 e. The van der Waals surface area contributed by atoms with Crippen LogP contribution in [0.2, 0.25) is 5.02 Å². The maximum absolute atomic E-state index is 13.6. The fraction of sp³-hybridized carbons (Fsp3) is 0.250. The van der Waals surface area contributed by atoms with E-state index in [0.29, 0.717) is 21.9 Å². The molecule has 1 amide bonds. The normalized spacial score (nSPS) is 18.4. The van der Waals surface area contributed by atoms with Gasteiger partial charge in [-0.15, -0.1) is 11.3 Å². The molecular formula is C20H17ClFNO3S2. The SMILES string of the molecule is O=C(c1sc2ccccc2c1Cl)N(Cc1cccc(F)c1)[C@@H]1CCS(=O)(=O)C1. The van der Waals surface area contributed by atoms with Crippen LogP contribution in [0.15, 0.2) is 48.5 Å². The van der Waals surface area contributed by atoms with Crippen molar-refractivity contribution in [3.63, 3.8) is 0 Å². The van der Waals surface area contributed by atoms with Gasteiger partial charge in [0, 0.05) is 22.7 Å². The van der Waals surface area contributed by atoms with Crippen molar-refractivity contribution >= 4 is 48.8 Å². The van der Waals surface area contributed by atoms with Gasteiger partial charge in [-0.1, -0.05) is 41.9 Å². The van der Waals surface area contributed by atoms with Crippen LogP contribution < -0.4 is 0 Å². The van der Waals surface area contributed by atoms with E-state index in [9.17, 15) is 17.6 Å². The second-order valence-corrected chi connectivity index (χ2v) is 10.5. The Bertz CT molecular complexity index is 1160. The first-order chi connectivity index (χ1) is 13.3. The summed E-state index contributed by atoms with van der Waals surface area (Å²) in [6, 6.07) is 13.0. The van der Waals surface area contributed by atoms with E-state index >= 15 is 0 Å². The van der Waals surface area contributed by atoms with Gasteiger partial charge in [-0.25, -0.2) is 12.8 Å². The van der Waals surface area contributed by atoms with Crippen LogP contribution in [0.3, 0.4) is 0 Å². The Morgan fingerprint density at radius 1 is 1.21 bits per heavy atom. The van der Waals surface area contributed by atoms with Gasteiger partial charge in [0.15, 0.2) is 9.84 Å². The number of hydrogen-bond donors (Lipinski definition) is 0. The molecule has 8 heteroatoms. The first kappa shape index (κ1) is 19.4. The lowest BCUT2D eigenvalue weighted by molar-refractivity contribution is 0.0686. The second-order valence-electron chi connectivity index (χ2n) is 6.86. The fourth-order valence-corrected chi connectivity index (χ4v) is 6.70. The van der Waals surface area contributed by atoms with Gasteiger partial charge in [0.1, 0.15) is 10.7 Å². The lowest BCUT2D eigenvalue weighted by atomic mass is 10.1. The number of halogens is 2. The highest BCUT2D eigenvalue weighted by Gasteiger charge is 2.36. The number of amides is 1. The van der Waals surface area contributed by atoms with Crippen molar-refractivity contribution in [2.45, 2.75) is 19.0 Å². The average Bonchev–Trinajstić information content (AvgIpc) is 3.19. The van der Waals surface area contributed by atoms with Crippen LogP contribution in [0, 0.1) is 5.82 Å². The minimum absolute atomic E-state index is 0.0464. The summed E-state index contributed by atoms with van der Waals surface area (Å²) in [7, 11) is -3.19. The highest BCUT2D eigenvalue weighted by atomic mass is 35.5. The zero-order valence-electron chi connectivity index (χ0n) is 14.8. The van der Waals surface area contributed by atoms with Crippen molar-refractivity contribution in [2.24, 2.45) is 0 Å². The van der Waals surface area contributed by atoms with Crippen molar-refractivity contribution in [3.05, 3.63) is 69.8 Å². The molecule has 4 nitrogen and oxygen atoms in total. The topological polar surface area (TPSA) is 54.5 Å². The molecule has 0 unspecified atom stereocenters. The Balaban J connectivity index is 1.73. The lowest BCUT2D eigenvalue weighted by Crippen LogP contribution is -2.40. The van der Waals surface area contributed by atoms with Crippen LogP contribution in [-0.2, 0) is 16.4 Å². The van der Waals surface area contributed by atoms with Crippen molar-refractivity contribution in [1.29, 1.82) is 0 Å². The molecule has 3 aromatic rings. The molecular weight excluding hydrogens is 421 g/mol. The van der Waals surface area contributed by atoms with Crippen LogP contribution in [0.5, 0.6) is 0 Å². The Morgan fingerprint density at radius 2 is 2.00 bits per heavy atom. The fourth-order valence-electron chi connectivity index (χ4n) is 3.50. The molecule has 2 heterocycles. The molecule has 0 spiro atoms. The molecule has 0 saturated carbocycles. The van der Waals surface area contributed by atoms with Gasteiger partial charge in [-0.05, 0) is 30.2 Å². The molecule has 2 aromatic carbocycles. The van der Waals surface area contributed by atoms with Crippen LogP contribution in [-0.4, -0.2) is 36.8 Å². The average molecular weight is 438 g/mol. The van der Waals surface area contributed by atoms with E-state index in [-0.39, 0.29) is 24.0 Å². The Labute approximate surface area is 171 Å². The maximum atomic E-state index is 13.6. The van der Waals surface area contributed by atoms with Gasteiger partial charge in [-0.2, -0.15) is 0 Å². The molecule has 28 heavy (non-hydrogen) atoms. The highest BCUT2D eigenvalue weighted by Crippen LogP contribution is 2.37. The molecule has 1 aromatic heterocycles. The number of benzene rings is 2. The zero-order valence-corrected chi connectivity index (χ0v) is 17.2. The second kappa shape index (κ2) is 7.46. The van der Waals surface area contributed by atoms with Crippen molar-refractivity contribution in [2.75, 3.05) is 11.5 Å². The molecule has 4 rings (SSSR count). The Hall–Kier alpha value is -1.96. The number of rotatable bonds is 4. The summed E-state index contributed by atoms with van der Waals surface area (Å²) in [5, 5.41) is 1.16. The molecule has 1 aliphatic rings. The number of fused-ring (bicyclic) bond motifs is 1. The van der Waals surface area contributed by atoms with Gasteiger partial charge in [0.2, 0.25) is 0 Å². The van der Waals surface area contributed by atoms with Crippen LogP contribution in [0.1, 0.15) is 21.7 Å². The Kier molecular flexibility index (Phi) is 5.16. The smallest absolute Gasteiger partial charge is 0.266 e. The van der Waals surface area contributed by atoms with Gasteiger partial charge >= 0.3 is 0 Å². The summed E-state index contributed by atoms with van der Waals surface area (Å²) in [5.74, 6) is -0.761. The summed E-state index contributed by atoms with van der Waals surface area (Å²) in [6.45, 7) is 0.126. The predicted octanol–water partition coefficient (Wildman–Crippen LogP) is 4.52. The molecule has 1 fully saturated rings. The predicted molar refractivity (Wildman–Crippen MR) is 110 cm³/mol. The van der Waals surface area contributed by atoms with E-state index in [0.717, 1.165) is 10.1 Å². The van der Waals surface area contributed by atoms with Crippen molar-refractivity contribution in [1.82, 2.24) is 4.90 Å². The lowest BCUT2D eigenvalue weighted by Gasteiger charge is -2.28. The van der Waals surface area contributed by atoms with Crippen LogP contribution >= 0.6 is 22.9 Å². The minimum atomic E-state index is -3.19. The standard InChI is InChI=1S/C20H17ClFNO3S2/c21-18-16-6-1-2-7-17(16)27-19(18)20(24)23(15-8-9-28(25,26)12-15)11-13-4-3-5-14(22)10-13/h1-7,10,15H,8-9,11-12H2/t15-/m1/s1. The number of thiophene rings is 1. The molecule has 0 N–H and O–H groups in total. The molecule has 146 valence electrons. The van der Waals surface area contributed by atoms with Crippen molar-refractivity contribution in [3.8, 4) is 0 Å². The number of nitrogens with zero attached hydrogens (tertiary/aromatic N) is 1. The molecule has 0 bridgehead atoms. The number of carbonyl (C=O) groups is 1. The number of sulfone groups is 1. The molecule has 0 radical (unpaired) electrons. The first-order valence-electron chi connectivity index (χ1n) is 8.77. The van der Waals surface area contributed by atoms with E-state index < -0.39 is 21.7 Å². The summed E-state index contributed by atoms with van der Waals surface area (Å²) < 4.78 is 38.5. The van der Waals surface area contributed by atoms with Crippen LogP contribution in [0.4, 0.5) is 4.39 Å². The highest BCUT2D eigenvalue weighted by molar-refractivity contribution is 7.91. The Morgan fingerprint density at radius 3 is 2.68 bits per heavy atom. The quantitative estimate of drug-likeness (QED) is 0.602. The molecule has 1 atom stereocenters. The van der Waals surface area contributed by atoms with E-state index in [2.05, 4.69) is 0 Å². The third kappa shape index (κ3) is 3.79. The van der Waals surface area contributed by atoms with E-state index in [1.807, 2.05) is 24.3 Å². The molecule has 1 aliphatic heterocycles. The third-order valence-corrected chi connectivity index (χ3v) is 8.29. The van der Waals surface area contributed by atoms with Crippen molar-refractivity contribution < 1.29 is 17.6 Å². The molecule has 0 aliphatic carbocycles. The summed E-state index contributed by atoms with van der Waals surface area (Å²) in [4.78, 5) is 15.3. The maximum Gasteiger partial charge on any atom is 0.266 e. The summed E-state index contributed by atoms with van der Waals surface area (Å²) in [5.41, 5.74) is 0.606. The van der Waals surface area contributed by atoms with Gasteiger partial charge in [0.05, 0.1) is 16.5 Å². The zero-order chi connectivity index (χ0) is 19.9. The summed E-state index contributed by atoms with van der Waals surface area (Å²) >= 11 is 7.76. The van der Waals surface area contributed by atoms with Crippen LogP contribution in [0.25, 0.3) is 10.1 Å². The van der Waals surface area contributed by atoms with Gasteiger partial charge in [-0.3, -0.25) is 4.79 Å². The largest absolute Gasteiger partial charge is 0.330 e. The van der Waals surface area contributed by atoms with E-state index in [1.54, 1.807) is 12.1 Å². The van der Waals surface area contributed by atoms with Gasteiger partial charge in [0.25, 0.3) is 5.91 Å².